The zero-order chi connectivity index (χ0) is 28.8. The summed E-state index contributed by atoms with van der Waals surface area (Å²) in [5.41, 5.74) is -0.397. The van der Waals surface area contributed by atoms with Gasteiger partial charge in [0.15, 0.2) is 0 Å². The van der Waals surface area contributed by atoms with Gasteiger partial charge < -0.3 is 15.3 Å². The predicted molar refractivity (Wildman–Crippen MR) is 147 cm³/mol. The summed E-state index contributed by atoms with van der Waals surface area (Å²) in [6.07, 6.45) is -1.46. The quantitative estimate of drug-likeness (QED) is 0.274. The number of likely N-dealkylation sites (N-methyl/N-ethyl adjacent to an activating group) is 1. The molecule has 1 fully saturated rings. The van der Waals surface area contributed by atoms with Gasteiger partial charge in [0, 0.05) is 48.0 Å². The molecule has 210 valence electrons. The molecular formula is C29H27ClF4N4O2. The lowest BCUT2D eigenvalue weighted by Gasteiger charge is -2.24. The Bertz CT molecular complexity index is 1610. The Morgan fingerprint density at radius 3 is 2.60 bits per heavy atom. The molecule has 11 heteroatoms. The van der Waals surface area contributed by atoms with Crippen LogP contribution in [0.4, 0.5) is 17.6 Å². The Morgan fingerprint density at radius 1 is 1.18 bits per heavy atom. The number of alkyl halides is 3. The Kier molecular flexibility index (Phi) is 7.60. The van der Waals surface area contributed by atoms with Crippen molar-refractivity contribution in [2.24, 2.45) is 0 Å². The number of phenols is 1. The van der Waals surface area contributed by atoms with E-state index in [9.17, 15) is 27.5 Å². The minimum absolute atomic E-state index is 0.0295. The first-order valence-electron chi connectivity index (χ1n) is 12.7. The third kappa shape index (κ3) is 5.70. The molecule has 1 atom stereocenters. The highest BCUT2D eigenvalue weighted by Gasteiger charge is 2.36. The zero-order valence-corrected chi connectivity index (χ0v) is 22.6. The minimum atomic E-state index is -4.97. The normalized spacial score (nSPS) is 15.8. The van der Waals surface area contributed by atoms with Crippen molar-refractivity contribution >= 4 is 22.5 Å². The number of phenolic OH excluding ortho intramolecular Hbond substituents is 1. The second-order valence-corrected chi connectivity index (χ2v) is 10.7. The van der Waals surface area contributed by atoms with Crippen LogP contribution in [0.1, 0.15) is 29.7 Å². The topological polar surface area (TPSA) is 70.4 Å². The first-order valence-corrected chi connectivity index (χ1v) is 13.1. The zero-order valence-electron chi connectivity index (χ0n) is 21.8. The van der Waals surface area contributed by atoms with Crippen LogP contribution in [0, 0.1) is 12.7 Å². The maximum atomic E-state index is 14.2. The Hall–Kier alpha value is -3.47. The van der Waals surface area contributed by atoms with Crippen molar-refractivity contribution in [1.29, 1.82) is 0 Å². The fourth-order valence-electron chi connectivity index (χ4n) is 5.41. The number of benzene rings is 2. The molecule has 1 saturated heterocycles. The van der Waals surface area contributed by atoms with E-state index in [-0.39, 0.29) is 23.5 Å². The molecule has 1 aliphatic rings. The van der Waals surface area contributed by atoms with Crippen LogP contribution in [0.2, 0.25) is 5.02 Å². The van der Waals surface area contributed by atoms with Crippen LogP contribution in [0.25, 0.3) is 27.7 Å². The number of nitrogens with zero attached hydrogens (tertiary/aromatic N) is 3. The summed E-state index contributed by atoms with van der Waals surface area (Å²) < 4.78 is 57.3. The van der Waals surface area contributed by atoms with E-state index in [1.165, 1.54) is 6.20 Å². The molecule has 0 saturated carbocycles. The molecule has 6 nitrogen and oxygen atoms in total. The van der Waals surface area contributed by atoms with Gasteiger partial charge in [-0.25, -0.2) is 4.39 Å². The van der Waals surface area contributed by atoms with Crippen molar-refractivity contribution in [2.45, 2.75) is 38.5 Å². The van der Waals surface area contributed by atoms with Crippen LogP contribution in [0.15, 0.2) is 53.5 Å². The van der Waals surface area contributed by atoms with E-state index in [0.29, 0.717) is 32.8 Å². The number of hydrogen-bond donors (Lipinski definition) is 2. The van der Waals surface area contributed by atoms with Gasteiger partial charge in [0.05, 0.1) is 16.6 Å². The lowest BCUT2D eigenvalue weighted by molar-refractivity contribution is -0.142. The van der Waals surface area contributed by atoms with E-state index in [1.54, 1.807) is 12.1 Å². The molecule has 0 radical (unpaired) electrons. The Labute approximate surface area is 232 Å². The summed E-state index contributed by atoms with van der Waals surface area (Å²) in [4.78, 5) is 20.3. The molecule has 0 bridgehead atoms. The van der Waals surface area contributed by atoms with Crippen LogP contribution in [0.5, 0.6) is 5.75 Å². The first kappa shape index (κ1) is 28.1. The van der Waals surface area contributed by atoms with Gasteiger partial charge >= 0.3 is 6.18 Å². The minimum Gasteiger partial charge on any atom is -0.508 e. The van der Waals surface area contributed by atoms with Crippen LogP contribution in [-0.2, 0) is 12.7 Å². The molecule has 4 aromatic rings. The van der Waals surface area contributed by atoms with Crippen LogP contribution < -0.4 is 10.9 Å². The maximum absolute atomic E-state index is 14.2. The largest absolute Gasteiger partial charge is 0.508 e. The number of rotatable bonds is 6. The summed E-state index contributed by atoms with van der Waals surface area (Å²) in [7, 11) is 1.88. The molecule has 2 N–H and O–H groups in total. The number of aromatic nitrogens is 2. The molecule has 2 aromatic heterocycles. The van der Waals surface area contributed by atoms with Gasteiger partial charge in [-0.2, -0.15) is 13.2 Å². The smallest absolute Gasteiger partial charge is 0.431 e. The molecule has 0 unspecified atom stereocenters. The number of fused-ring (bicyclic) bond motifs is 1. The molecule has 2 aromatic carbocycles. The molecular weight excluding hydrogens is 548 g/mol. The lowest BCUT2D eigenvalue weighted by atomic mass is 9.96. The summed E-state index contributed by atoms with van der Waals surface area (Å²) in [5.74, 6) is -1.60. The monoisotopic (exact) mass is 574 g/mol. The molecule has 40 heavy (non-hydrogen) atoms. The molecule has 0 aliphatic carbocycles. The van der Waals surface area contributed by atoms with Crippen LogP contribution in [-0.4, -0.2) is 45.7 Å². The van der Waals surface area contributed by atoms with E-state index >= 15 is 0 Å². The highest BCUT2D eigenvalue weighted by Crippen LogP contribution is 2.36. The Morgan fingerprint density at radius 2 is 1.95 bits per heavy atom. The fourth-order valence-corrected chi connectivity index (χ4v) is 5.70. The van der Waals surface area contributed by atoms with Crippen molar-refractivity contribution in [3.8, 4) is 22.6 Å². The van der Waals surface area contributed by atoms with E-state index in [1.807, 2.05) is 24.9 Å². The summed E-state index contributed by atoms with van der Waals surface area (Å²) >= 11 is 6.34. The third-order valence-corrected chi connectivity index (χ3v) is 7.26. The highest BCUT2D eigenvalue weighted by molar-refractivity contribution is 6.31. The molecule has 5 rings (SSSR count). The van der Waals surface area contributed by atoms with Gasteiger partial charge in [0.2, 0.25) is 0 Å². The number of halogens is 5. The van der Waals surface area contributed by atoms with Crippen molar-refractivity contribution in [3.05, 3.63) is 86.7 Å². The van der Waals surface area contributed by atoms with Gasteiger partial charge in [-0.15, -0.1) is 0 Å². The van der Waals surface area contributed by atoms with Crippen LogP contribution >= 0.6 is 11.6 Å². The van der Waals surface area contributed by atoms with E-state index < -0.39 is 34.7 Å². The third-order valence-electron chi connectivity index (χ3n) is 7.04. The van der Waals surface area contributed by atoms with Crippen molar-refractivity contribution in [1.82, 2.24) is 19.8 Å². The Balaban J connectivity index is 1.81. The number of hydrogen-bond acceptors (Lipinski definition) is 5. The second-order valence-electron chi connectivity index (χ2n) is 10.3. The summed E-state index contributed by atoms with van der Waals surface area (Å²) in [6.45, 7) is 3.66. The number of aromatic hydroxyl groups is 1. The van der Waals surface area contributed by atoms with Crippen molar-refractivity contribution in [2.75, 3.05) is 20.1 Å². The molecule has 0 spiro atoms. The predicted octanol–water partition coefficient (Wildman–Crippen LogP) is 6.06. The SMILES string of the molecule is Cc1cc(Cl)cc(-c2cnc3cc(C(F)(F)F)n(-c4cc(O)cc(F)c4)c(=O)c3c2CN(C)C[C@@H]2CCCN2)c1. The average Bonchev–Trinajstić information content (AvgIpc) is 3.35. The van der Waals surface area contributed by atoms with Crippen LogP contribution in [0.3, 0.4) is 0 Å². The second kappa shape index (κ2) is 10.8. The van der Waals surface area contributed by atoms with Crippen molar-refractivity contribution < 1.29 is 22.7 Å². The van der Waals surface area contributed by atoms with Crippen molar-refractivity contribution in [3.63, 3.8) is 0 Å². The number of nitrogens with one attached hydrogen (secondary N) is 1. The molecule has 3 heterocycles. The van der Waals surface area contributed by atoms with E-state index in [4.69, 9.17) is 11.6 Å². The maximum Gasteiger partial charge on any atom is 0.431 e. The summed E-state index contributed by atoms with van der Waals surface area (Å²) in [5, 5.41) is 13.8. The fraction of sp³-hybridized carbons (Fsp3) is 0.310. The van der Waals surface area contributed by atoms with Gasteiger partial charge in [-0.3, -0.25) is 14.3 Å². The molecule has 0 amide bonds. The van der Waals surface area contributed by atoms with Gasteiger partial charge in [0.1, 0.15) is 17.3 Å². The number of aryl methyl sites for hydroxylation is 1. The highest BCUT2D eigenvalue weighted by atomic mass is 35.5. The van der Waals surface area contributed by atoms with Gasteiger partial charge in [-0.1, -0.05) is 17.7 Å². The first-order chi connectivity index (χ1) is 18.9. The summed E-state index contributed by atoms with van der Waals surface area (Å²) in [6, 6.07) is 8.83. The average molecular weight is 575 g/mol. The molecule has 1 aliphatic heterocycles. The van der Waals surface area contributed by atoms with Gasteiger partial charge in [-0.05, 0) is 74.3 Å². The standard InChI is InChI=1S/C29H27ClF4N4O2/c1-16-6-17(8-18(30)7-16)23-13-36-25-12-26(29(32,33)34)38(21-9-19(31)10-22(39)11-21)28(40)27(25)24(23)15-37(2)14-20-4-3-5-35-20/h6-13,20,35,39H,3-5,14-15H2,1-2H3/t20-/m0/s1. The van der Waals surface area contributed by atoms with E-state index in [0.717, 1.165) is 49.2 Å². The lowest BCUT2D eigenvalue weighted by Crippen LogP contribution is -2.35. The van der Waals surface area contributed by atoms with E-state index in [2.05, 4.69) is 10.3 Å². The van der Waals surface area contributed by atoms with Gasteiger partial charge in [0.25, 0.3) is 5.56 Å². The number of pyridine rings is 2.